The van der Waals surface area contributed by atoms with Crippen LogP contribution in [0.5, 0.6) is 0 Å². The summed E-state index contributed by atoms with van der Waals surface area (Å²) in [5.41, 5.74) is 0. The lowest BCUT2D eigenvalue weighted by atomic mass is 10.3. The van der Waals surface area contributed by atoms with Crippen molar-refractivity contribution in [3.8, 4) is 0 Å². The Hall–Kier alpha value is -0.210. The zero-order chi connectivity index (χ0) is 14.6. The average Bonchev–Trinajstić information content (AvgIpc) is 2.34. The zero-order valence-electron chi connectivity index (χ0n) is 11.8. The molecule has 0 aromatic heterocycles. The molecule has 0 radical (unpaired) electrons. The standard InChI is InChI=1S/C12H26O6S/c1-3-4-6-16-8-10-18-11-9-17-7-5-12(2)19(13,14)15/h12H,3-11H2,1-2H3,(H,13,14,15). The molecule has 0 heterocycles. The van der Waals surface area contributed by atoms with E-state index in [2.05, 4.69) is 6.92 Å². The van der Waals surface area contributed by atoms with Gasteiger partial charge in [0.05, 0.1) is 31.7 Å². The maximum absolute atomic E-state index is 10.7. The van der Waals surface area contributed by atoms with Crippen molar-refractivity contribution in [3.05, 3.63) is 0 Å². The van der Waals surface area contributed by atoms with Crippen LogP contribution in [0.15, 0.2) is 0 Å². The summed E-state index contributed by atoms with van der Waals surface area (Å²) >= 11 is 0. The number of hydrogen-bond donors (Lipinski definition) is 1. The Morgan fingerprint density at radius 2 is 1.42 bits per heavy atom. The van der Waals surface area contributed by atoms with Gasteiger partial charge in [-0.05, 0) is 19.8 Å². The molecule has 0 aromatic rings. The lowest BCUT2D eigenvalue weighted by molar-refractivity contribution is 0.0136. The Balaban J connectivity index is 3.19. The molecule has 1 unspecified atom stereocenters. The molecular formula is C12H26O6S. The van der Waals surface area contributed by atoms with E-state index in [1.54, 1.807) is 0 Å². The first-order valence-electron chi connectivity index (χ1n) is 6.68. The van der Waals surface area contributed by atoms with E-state index in [0.29, 0.717) is 26.4 Å². The molecule has 0 saturated carbocycles. The minimum absolute atomic E-state index is 0.277. The molecule has 116 valence electrons. The molecule has 0 aromatic carbocycles. The third-order valence-electron chi connectivity index (χ3n) is 2.56. The van der Waals surface area contributed by atoms with Crippen LogP contribution < -0.4 is 0 Å². The van der Waals surface area contributed by atoms with E-state index < -0.39 is 15.4 Å². The fourth-order valence-corrected chi connectivity index (χ4v) is 1.58. The first kappa shape index (κ1) is 18.8. The van der Waals surface area contributed by atoms with E-state index in [0.717, 1.165) is 19.4 Å². The van der Waals surface area contributed by atoms with Gasteiger partial charge in [0.1, 0.15) is 0 Å². The van der Waals surface area contributed by atoms with Crippen molar-refractivity contribution in [2.45, 2.75) is 38.4 Å². The third-order valence-corrected chi connectivity index (χ3v) is 3.82. The fraction of sp³-hybridized carbons (Fsp3) is 1.00. The molecular weight excluding hydrogens is 272 g/mol. The van der Waals surface area contributed by atoms with Gasteiger partial charge < -0.3 is 14.2 Å². The SMILES string of the molecule is CCCCOCCOCCOCCC(C)S(=O)(=O)O. The van der Waals surface area contributed by atoms with Gasteiger partial charge in [-0.25, -0.2) is 0 Å². The van der Waals surface area contributed by atoms with Crippen LogP contribution in [0.1, 0.15) is 33.1 Å². The molecule has 6 nitrogen and oxygen atoms in total. The van der Waals surface area contributed by atoms with Gasteiger partial charge in [0.25, 0.3) is 10.1 Å². The van der Waals surface area contributed by atoms with Crippen molar-refractivity contribution in [1.29, 1.82) is 0 Å². The van der Waals surface area contributed by atoms with Gasteiger partial charge in [-0.1, -0.05) is 13.3 Å². The van der Waals surface area contributed by atoms with Crippen molar-refractivity contribution < 1.29 is 27.2 Å². The molecule has 0 saturated heterocycles. The van der Waals surface area contributed by atoms with Gasteiger partial charge in [-0.15, -0.1) is 0 Å². The van der Waals surface area contributed by atoms with Crippen LogP contribution in [0.2, 0.25) is 0 Å². The van der Waals surface area contributed by atoms with Gasteiger partial charge in [0.2, 0.25) is 0 Å². The van der Waals surface area contributed by atoms with Crippen molar-refractivity contribution in [1.82, 2.24) is 0 Å². The van der Waals surface area contributed by atoms with Gasteiger partial charge in [0, 0.05) is 13.2 Å². The van der Waals surface area contributed by atoms with Crippen LogP contribution in [0.4, 0.5) is 0 Å². The Bertz CT molecular complexity index is 291. The molecule has 0 spiro atoms. The summed E-state index contributed by atoms with van der Waals surface area (Å²) in [7, 11) is -3.94. The molecule has 0 bridgehead atoms. The summed E-state index contributed by atoms with van der Waals surface area (Å²) in [6, 6.07) is 0. The Morgan fingerprint density at radius 3 is 1.89 bits per heavy atom. The molecule has 1 atom stereocenters. The average molecular weight is 298 g/mol. The second-order valence-corrected chi connectivity index (χ2v) is 6.14. The van der Waals surface area contributed by atoms with E-state index >= 15 is 0 Å². The topological polar surface area (TPSA) is 82.1 Å². The summed E-state index contributed by atoms with van der Waals surface area (Å²) in [4.78, 5) is 0. The molecule has 0 amide bonds. The summed E-state index contributed by atoms with van der Waals surface area (Å²) in [5.74, 6) is 0. The smallest absolute Gasteiger partial charge is 0.267 e. The first-order chi connectivity index (χ1) is 8.98. The number of ether oxygens (including phenoxy) is 3. The normalized spacial score (nSPS) is 13.6. The molecule has 0 rings (SSSR count). The van der Waals surface area contributed by atoms with E-state index in [4.69, 9.17) is 18.8 Å². The van der Waals surface area contributed by atoms with Crippen molar-refractivity contribution in [2.75, 3.05) is 39.6 Å². The quantitative estimate of drug-likeness (QED) is 0.410. The van der Waals surface area contributed by atoms with Crippen LogP contribution >= 0.6 is 0 Å². The lowest BCUT2D eigenvalue weighted by Gasteiger charge is -2.09. The second-order valence-electron chi connectivity index (χ2n) is 4.30. The zero-order valence-corrected chi connectivity index (χ0v) is 12.7. The molecule has 19 heavy (non-hydrogen) atoms. The van der Waals surface area contributed by atoms with Gasteiger partial charge in [-0.2, -0.15) is 8.42 Å². The molecule has 0 aliphatic rings. The summed E-state index contributed by atoms with van der Waals surface area (Å²) in [5, 5.41) is -0.791. The lowest BCUT2D eigenvalue weighted by Crippen LogP contribution is -2.19. The maximum atomic E-state index is 10.7. The highest BCUT2D eigenvalue weighted by atomic mass is 32.2. The minimum atomic E-state index is -3.94. The predicted molar refractivity (Wildman–Crippen MR) is 73.0 cm³/mol. The Morgan fingerprint density at radius 1 is 0.947 bits per heavy atom. The Kier molecular flexibility index (Phi) is 11.5. The summed E-state index contributed by atoms with van der Waals surface area (Å²) in [6.07, 6.45) is 2.46. The van der Waals surface area contributed by atoms with E-state index in [1.165, 1.54) is 6.92 Å². The maximum Gasteiger partial charge on any atom is 0.267 e. The first-order valence-corrected chi connectivity index (χ1v) is 8.18. The highest BCUT2D eigenvalue weighted by Crippen LogP contribution is 2.02. The molecule has 7 heteroatoms. The highest BCUT2D eigenvalue weighted by Gasteiger charge is 2.16. The van der Waals surface area contributed by atoms with E-state index in [9.17, 15) is 8.42 Å². The largest absolute Gasteiger partial charge is 0.379 e. The van der Waals surface area contributed by atoms with Crippen LogP contribution in [-0.4, -0.2) is 57.9 Å². The molecule has 0 aliphatic heterocycles. The van der Waals surface area contributed by atoms with Gasteiger partial charge in [0.15, 0.2) is 0 Å². The van der Waals surface area contributed by atoms with Crippen LogP contribution in [0.25, 0.3) is 0 Å². The third kappa shape index (κ3) is 12.6. The predicted octanol–water partition coefficient (Wildman–Crippen LogP) is 1.50. The summed E-state index contributed by atoms with van der Waals surface area (Å²) in [6.45, 7) is 6.60. The van der Waals surface area contributed by atoms with Crippen LogP contribution in [0, 0.1) is 0 Å². The fourth-order valence-electron chi connectivity index (χ4n) is 1.19. The van der Waals surface area contributed by atoms with Crippen molar-refractivity contribution >= 4 is 10.1 Å². The second kappa shape index (κ2) is 11.6. The van der Waals surface area contributed by atoms with Crippen LogP contribution in [-0.2, 0) is 24.3 Å². The monoisotopic (exact) mass is 298 g/mol. The summed E-state index contributed by atoms with van der Waals surface area (Å²) < 4.78 is 45.9. The molecule has 1 N–H and O–H groups in total. The molecule has 0 aliphatic carbocycles. The number of unbranched alkanes of at least 4 members (excludes halogenated alkanes) is 1. The van der Waals surface area contributed by atoms with Crippen molar-refractivity contribution in [3.63, 3.8) is 0 Å². The number of hydrogen-bond acceptors (Lipinski definition) is 5. The van der Waals surface area contributed by atoms with E-state index in [-0.39, 0.29) is 13.0 Å². The van der Waals surface area contributed by atoms with Gasteiger partial charge in [-0.3, -0.25) is 4.55 Å². The van der Waals surface area contributed by atoms with Crippen molar-refractivity contribution in [2.24, 2.45) is 0 Å². The van der Waals surface area contributed by atoms with E-state index in [1.807, 2.05) is 0 Å². The van der Waals surface area contributed by atoms with Gasteiger partial charge >= 0.3 is 0 Å². The number of rotatable bonds is 13. The molecule has 0 fully saturated rings. The highest BCUT2D eigenvalue weighted by molar-refractivity contribution is 7.86. The minimum Gasteiger partial charge on any atom is -0.379 e. The Labute approximate surface area is 116 Å². The van der Waals surface area contributed by atoms with Crippen LogP contribution in [0.3, 0.4) is 0 Å².